The molecule has 0 heterocycles. The Morgan fingerprint density at radius 1 is 1.38 bits per heavy atom. The van der Waals surface area contributed by atoms with Crippen LogP contribution in [-0.2, 0) is 6.42 Å². The first-order valence-electron chi connectivity index (χ1n) is 4.20. The van der Waals surface area contributed by atoms with E-state index in [0.29, 0.717) is 17.7 Å². The highest BCUT2D eigenvalue weighted by atomic mass is 16.5. The molecule has 0 saturated heterocycles. The molecular formula is C10H14O3. The molecule has 3 nitrogen and oxygen atoms in total. The van der Waals surface area contributed by atoms with Crippen LogP contribution in [0.2, 0.25) is 0 Å². The lowest BCUT2D eigenvalue weighted by molar-refractivity contribution is 0.363. The molecule has 1 aromatic carbocycles. The lowest BCUT2D eigenvalue weighted by Gasteiger charge is -2.11. The summed E-state index contributed by atoms with van der Waals surface area (Å²) >= 11 is 0. The van der Waals surface area contributed by atoms with Crippen LogP contribution in [0.5, 0.6) is 17.2 Å². The molecule has 0 unspecified atom stereocenters. The van der Waals surface area contributed by atoms with E-state index in [4.69, 9.17) is 4.74 Å². The topological polar surface area (TPSA) is 49.7 Å². The molecule has 1 aromatic rings. The molecule has 2 N–H and O–H groups in total. The van der Waals surface area contributed by atoms with E-state index in [1.807, 2.05) is 6.92 Å². The second kappa shape index (κ2) is 3.56. The van der Waals surface area contributed by atoms with E-state index in [2.05, 4.69) is 0 Å². The summed E-state index contributed by atoms with van der Waals surface area (Å²) in [7, 11) is 1.47. The van der Waals surface area contributed by atoms with Gasteiger partial charge in [-0.1, -0.05) is 6.92 Å². The molecule has 13 heavy (non-hydrogen) atoms. The third-order valence-electron chi connectivity index (χ3n) is 2.13. The molecule has 0 aromatic heterocycles. The number of ether oxygens (including phenoxy) is 1. The minimum Gasteiger partial charge on any atom is -0.507 e. The third-order valence-corrected chi connectivity index (χ3v) is 2.13. The Hall–Kier alpha value is -1.38. The summed E-state index contributed by atoms with van der Waals surface area (Å²) in [5.74, 6) is 0.626. The zero-order chi connectivity index (χ0) is 10.0. The SMILES string of the molecule is CCc1cc(O)c(OC)c(C)c1O. The predicted octanol–water partition coefficient (Wildman–Crippen LogP) is 1.98. The van der Waals surface area contributed by atoms with Gasteiger partial charge in [-0.15, -0.1) is 0 Å². The minimum absolute atomic E-state index is 0.0784. The van der Waals surface area contributed by atoms with E-state index in [1.165, 1.54) is 13.2 Å². The van der Waals surface area contributed by atoms with Gasteiger partial charge in [-0.3, -0.25) is 0 Å². The van der Waals surface area contributed by atoms with Gasteiger partial charge in [0.25, 0.3) is 0 Å². The van der Waals surface area contributed by atoms with Gasteiger partial charge in [0.2, 0.25) is 0 Å². The molecule has 0 saturated carbocycles. The molecule has 0 amide bonds. The number of aromatic hydroxyl groups is 2. The Kier molecular flexibility index (Phi) is 2.66. The van der Waals surface area contributed by atoms with Crippen LogP contribution in [0.1, 0.15) is 18.1 Å². The van der Waals surface area contributed by atoms with Crippen LogP contribution in [0.3, 0.4) is 0 Å². The van der Waals surface area contributed by atoms with Gasteiger partial charge >= 0.3 is 0 Å². The molecule has 0 aliphatic carbocycles. The van der Waals surface area contributed by atoms with E-state index in [0.717, 1.165) is 5.56 Å². The Morgan fingerprint density at radius 2 is 2.00 bits per heavy atom. The van der Waals surface area contributed by atoms with Crippen molar-refractivity contribution in [2.24, 2.45) is 0 Å². The monoisotopic (exact) mass is 182 g/mol. The quantitative estimate of drug-likeness (QED) is 0.687. The maximum Gasteiger partial charge on any atom is 0.167 e. The number of aryl methyl sites for hydroxylation is 1. The van der Waals surface area contributed by atoms with Crippen LogP contribution in [-0.4, -0.2) is 17.3 Å². The lowest BCUT2D eigenvalue weighted by atomic mass is 10.1. The summed E-state index contributed by atoms with van der Waals surface area (Å²) in [5, 5.41) is 19.1. The molecule has 0 fully saturated rings. The lowest BCUT2D eigenvalue weighted by Crippen LogP contribution is -1.92. The van der Waals surface area contributed by atoms with E-state index in [9.17, 15) is 10.2 Å². The highest BCUT2D eigenvalue weighted by Crippen LogP contribution is 2.38. The van der Waals surface area contributed by atoms with Gasteiger partial charge in [-0.2, -0.15) is 0 Å². The highest BCUT2D eigenvalue weighted by molar-refractivity contribution is 5.56. The zero-order valence-corrected chi connectivity index (χ0v) is 8.09. The summed E-state index contributed by atoms with van der Waals surface area (Å²) in [5.41, 5.74) is 1.31. The fraction of sp³-hybridized carbons (Fsp3) is 0.400. The second-order valence-corrected chi connectivity index (χ2v) is 2.92. The minimum atomic E-state index is 0.0784. The van der Waals surface area contributed by atoms with E-state index >= 15 is 0 Å². The van der Waals surface area contributed by atoms with Crippen LogP contribution in [0.15, 0.2) is 6.07 Å². The Morgan fingerprint density at radius 3 is 2.46 bits per heavy atom. The summed E-state index contributed by atoms with van der Waals surface area (Å²) in [6.07, 6.45) is 0.685. The number of phenols is 2. The standard InChI is InChI=1S/C10H14O3/c1-4-7-5-8(11)10(13-3)6(2)9(7)12/h5,11-12H,4H2,1-3H3. The smallest absolute Gasteiger partial charge is 0.167 e. The average Bonchev–Trinajstić information content (AvgIpc) is 2.12. The van der Waals surface area contributed by atoms with Gasteiger partial charge in [0.1, 0.15) is 5.75 Å². The Balaban J connectivity index is 3.37. The second-order valence-electron chi connectivity index (χ2n) is 2.92. The molecule has 0 spiro atoms. The molecule has 0 bridgehead atoms. The summed E-state index contributed by atoms with van der Waals surface area (Å²) < 4.78 is 4.95. The Bertz CT molecular complexity index is 318. The van der Waals surface area contributed by atoms with Gasteiger partial charge in [0, 0.05) is 5.56 Å². The first kappa shape index (κ1) is 9.71. The van der Waals surface area contributed by atoms with E-state index in [1.54, 1.807) is 6.92 Å². The summed E-state index contributed by atoms with van der Waals surface area (Å²) in [4.78, 5) is 0. The molecule has 1 rings (SSSR count). The largest absolute Gasteiger partial charge is 0.507 e. The fourth-order valence-electron chi connectivity index (χ4n) is 1.37. The molecule has 0 radical (unpaired) electrons. The first-order valence-corrected chi connectivity index (χ1v) is 4.20. The molecule has 3 heteroatoms. The number of rotatable bonds is 2. The van der Waals surface area contributed by atoms with Crippen molar-refractivity contribution in [3.8, 4) is 17.2 Å². The molecule has 0 atom stereocenters. The normalized spacial score (nSPS) is 10.1. The summed E-state index contributed by atoms with van der Waals surface area (Å²) in [6.45, 7) is 3.63. The maximum atomic E-state index is 9.64. The van der Waals surface area contributed by atoms with Crippen LogP contribution in [0.25, 0.3) is 0 Å². The molecule has 0 aliphatic rings. The third kappa shape index (κ3) is 1.54. The summed E-state index contributed by atoms with van der Waals surface area (Å²) in [6, 6.07) is 1.53. The van der Waals surface area contributed by atoms with Crippen LogP contribution in [0, 0.1) is 6.92 Å². The number of hydrogen-bond donors (Lipinski definition) is 2. The highest BCUT2D eigenvalue weighted by Gasteiger charge is 2.13. The molecule has 0 aliphatic heterocycles. The van der Waals surface area contributed by atoms with Crippen molar-refractivity contribution in [2.45, 2.75) is 20.3 Å². The van der Waals surface area contributed by atoms with E-state index in [-0.39, 0.29) is 11.5 Å². The van der Waals surface area contributed by atoms with Gasteiger partial charge in [0.05, 0.1) is 7.11 Å². The van der Waals surface area contributed by atoms with Crippen molar-refractivity contribution in [3.63, 3.8) is 0 Å². The number of benzene rings is 1. The van der Waals surface area contributed by atoms with Crippen LogP contribution < -0.4 is 4.74 Å². The van der Waals surface area contributed by atoms with E-state index < -0.39 is 0 Å². The maximum absolute atomic E-state index is 9.64. The first-order chi connectivity index (χ1) is 6.11. The predicted molar refractivity (Wildman–Crippen MR) is 50.4 cm³/mol. The number of methoxy groups -OCH3 is 1. The van der Waals surface area contributed by atoms with Gasteiger partial charge in [-0.05, 0) is 25.0 Å². The van der Waals surface area contributed by atoms with Crippen molar-refractivity contribution in [2.75, 3.05) is 7.11 Å². The average molecular weight is 182 g/mol. The van der Waals surface area contributed by atoms with Gasteiger partial charge in [-0.25, -0.2) is 0 Å². The van der Waals surface area contributed by atoms with Crippen molar-refractivity contribution in [1.29, 1.82) is 0 Å². The van der Waals surface area contributed by atoms with Crippen LogP contribution in [0.4, 0.5) is 0 Å². The van der Waals surface area contributed by atoms with Crippen molar-refractivity contribution in [3.05, 3.63) is 17.2 Å². The van der Waals surface area contributed by atoms with Crippen molar-refractivity contribution >= 4 is 0 Å². The zero-order valence-electron chi connectivity index (χ0n) is 8.09. The molecule has 72 valence electrons. The van der Waals surface area contributed by atoms with Crippen molar-refractivity contribution in [1.82, 2.24) is 0 Å². The van der Waals surface area contributed by atoms with Gasteiger partial charge in [0.15, 0.2) is 11.5 Å². The Labute approximate surface area is 77.6 Å². The number of phenolic OH excluding ortho intramolecular Hbond substituents is 2. The van der Waals surface area contributed by atoms with Crippen molar-refractivity contribution < 1.29 is 14.9 Å². The van der Waals surface area contributed by atoms with Crippen LogP contribution >= 0.6 is 0 Å². The molecular weight excluding hydrogens is 168 g/mol. The van der Waals surface area contributed by atoms with Gasteiger partial charge < -0.3 is 14.9 Å². The number of hydrogen-bond acceptors (Lipinski definition) is 3. The fourth-order valence-corrected chi connectivity index (χ4v) is 1.37.